The van der Waals surface area contributed by atoms with Gasteiger partial charge in [-0.25, -0.2) is 4.79 Å². The molecule has 0 spiro atoms. The molecule has 2 amide bonds. The molecule has 1 aromatic rings. The Labute approximate surface area is 125 Å². The average molecular weight is 290 g/mol. The highest BCUT2D eigenvalue weighted by atomic mass is 32.2. The van der Waals surface area contributed by atoms with Gasteiger partial charge >= 0.3 is 6.03 Å². The van der Waals surface area contributed by atoms with Crippen LogP contribution in [-0.2, 0) is 0 Å². The lowest BCUT2D eigenvalue weighted by molar-refractivity contribution is 0.252. The molecule has 1 aromatic carbocycles. The molecule has 2 rings (SSSR count). The second-order valence-electron chi connectivity index (χ2n) is 4.97. The Morgan fingerprint density at radius 1 is 1.25 bits per heavy atom. The van der Waals surface area contributed by atoms with E-state index in [9.17, 15) is 4.79 Å². The van der Waals surface area contributed by atoms with Gasteiger partial charge in [0.25, 0.3) is 0 Å². The van der Waals surface area contributed by atoms with E-state index in [2.05, 4.69) is 16.7 Å². The molecule has 3 nitrogen and oxygen atoms in total. The van der Waals surface area contributed by atoms with Gasteiger partial charge < -0.3 is 10.6 Å². The number of benzene rings is 1. The van der Waals surface area contributed by atoms with E-state index in [1.165, 1.54) is 36.2 Å². The molecule has 0 unspecified atom stereocenters. The van der Waals surface area contributed by atoms with E-state index in [4.69, 9.17) is 0 Å². The lowest BCUT2D eigenvalue weighted by atomic mass is 9.97. The molecule has 0 atom stereocenters. The third-order valence-electron chi connectivity index (χ3n) is 3.46. The topological polar surface area (TPSA) is 41.1 Å². The number of carbonyl (C=O) groups excluding carboxylic acids is 1. The van der Waals surface area contributed by atoms with E-state index in [0.717, 1.165) is 12.1 Å². The standard InChI is InChI=1S/C16H22N2OS/c1-20-15-9-7-14(8-10-15)18-16(19)17-12-11-13-5-3-2-4-6-13/h5,7-10H,2-4,6,11-12H2,1H3,(H2,17,18,19). The lowest BCUT2D eigenvalue weighted by Crippen LogP contribution is -2.29. The highest BCUT2D eigenvalue weighted by Crippen LogP contribution is 2.19. The Morgan fingerprint density at radius 2 is 2.05 bits per heavy atom. The van der Waals surface area contributed by atoms with Gasteiger partial charge in [0.1, 0.15) is 0 Å². The van der Waals surface area contributed by atoms with E-state index >= 15 is 0 Å². The van der Waals surface area contributed by atoms with Crippen LogP contribution in [0.2, 0.25) is 0 Å². The summed E-state index contributed by atoms with van der Waals surface area (Å²) >= 11 is 1.69. The van der Waals surface area contributed by atoms with Crippen molar-refractivity contribution in [3.8, 4) is 0 Å². The lowest BCUT2D eigenvalue weighted by Gasteiger charge is -2.13. The minimum Gasteiger partial charge on any atom is -0.338 e. The van der Waals surface area contributed by atoms with E-state index in [1.54, 1.807) is 11.8 Å². The number of urea groups is 1. The van der Waals surface area contributed by atoms with Crippen molar-refractivity contribution in [3.05, 3.63) is 35.9 Å². The number of carbonyl (C=O) groups is 1. The SMILES string of the molecule is CSc1ccc(NC(=O)NCCC2=CCCCC2)cc1. The third-order valence-corrected chi connectivity index (χ3v) is 4.21. The first kappa shape index (κ1) is 15.0. The van der Waals surface area contributed by atoms with Crippen LogP contribution >= 0.6 is 11.8 Å². The smallest absolute Gasteiger partial charge is 0.319 e. The number of hydrogen-bond acceptors (Lipinski definition) is 2. The largest absolute Gasteiger partial charge is 0.338 e. The quantitative estimate of drug-likeness (QED) is 0.622. The van der Waals surface area contributed by atoms with E-state index in [1.807, 2.05) is 30.5 Å². The Balaban J connectivity index is 1.70. The zero-order valence-electron chi connectivity index (χ0n) is 11.9. The van der Waals surface area contributed by atoms with Crippen LogP contribution in [0.25, 0.3) is 0 Å². The van der Waals surface area contributed by atoms with Gasteiger partial charge in [-0.05, 0) is 62.6 Å². The molecule has 0 aromatic heterocycles. The van der Waals surface area contributed by atoms with Crippen molar-refractivity contribution < 1.29 is 4.79 Å². The molecule has 1 aliphatic carbocycles. The van der Waals surface area contributed by atoms with Gasteiger partial charge in [-0.1, -0.05) is 11.6 Å². The normalized spacial score (nSPS) is 14.6. The Hall–Kier alpha value is -1.42. The molecule has 4 heteroatoms. The monoisotopic (exact) mass is 290 g/mol. The van der Waals surface area contributed by atoms with Crippen molar-refractivity contribution in [1.29, 1.82) is 0 Å². The van der Waals surface area contributed by atoms with Crippen LogP contribution in [0.5, 0.6) is 0 Å². The number of hydrogen-bond donors (Lipinski definition) is 2. The second kappa shape index (κ2) is 8.00. The zero-order chi connectivity index (χ0) is 14.2. The van der Waals surface area contributed by atoms with Gasteiger partial charge in [0.05, 0.1) is 0 Å². The highest BCUT2D eigenvalue weighted by Gasteiger charge is 2.05. The van der Waals surface area contributed by atoms with Gasteiger partial charge in [0.15, 0.2) is 0 Å². The van der Waals surface area contributed by atoms with Crippen LogP contribution in [0.15, 0.2) is 40.8 Å². The molecule has 0 heterocycles. The summed E-state index contributed by atoms with van der Waals surface area (Å²) in [5.41, 5.74) is 2.32. The molecule has 0 radical (unpaired) electrons. The number of anilines is 1. The molecule has 0 aliphatic heterocycles. The van der Waals surface area contributed by atoms with Crippen molar-refractivity contribution >= 4 is 23.5 Å². The van der Waals surface area contributed by atoms with Gasteiger partial charge in [0, 0.05) is 17.1 Å². The fourth-order valence-electron chi connectivity index (χ4n) is 2.32. The number of allylic oxidation sites excluding steroid dienone is 1. The molecule has 20 heavy (non-hydrogen) atoms. The van der Waals surface area contributed by atoms with Crippen molar-refractivity contribution in [1.82, 2.24) is 5.32 Å². The maximum Gasteiger partial charge on any atom is 0.319 e. The van der Waals surface area contributed by atoms with Gasteiger partial charge in [-0.2, -0.15) is 0 Å². The number of amides is 2. The molecular formula is C16H22N2OS. The number of nitrogens with one attached hydrogen (secondary N) is 2. The second-order valence-corrected chi connectivity index (χ2v) is 5.85. The summed E-state index contributed by atoms with van der Waals surface area (Å²) < 4.78 is 0. The van der Waals surface area contributed by atoms with Crippen LogP contribution < -0.4 is 10.6 Å². The maximum absolute atomic E-state index is 11.8. The Bertz CT molecular complexity index is 468. The molecule has 2 N–H and O–H groups in total. The first-order valence-electron chi connectivity index (χ1n) is 7.15. The van der Waals surface area contributed by atoms with Crippen LogP contribution in [0.1, 0.15) is 32.1 Å². The average Bonchev–Trinajstić information content (AvgIpc) is 2.49. The highest BCUT2D eigenvalue weighted by molar-refractivity contribution is 7.98. The molecule has 108 valence electrons. The number of thioether (sulfide) groups is 1. The summed E-state index contributed by atoms with van der Waals surface area (Å²) in [7, 11) is 0. The first-order valence-corrected chi connectivity index (χ1v) is 8.37. The van der Waals surface area contributed by atoms with E-state index in [-0.39, 0.29) is 6.03 Å². The zero-order valence-corrected chi connectivity index (χ0v) is 12.8. The number of rotatable bonds is 5. The molecule has 1 aliphatic rings. The molecule has 0 saturated carbocycles. The van der Waals surface area contributed by atoms with Crippen molar-refractivity contribution in [3.63, 3.8) is 0 Å². The fourth-order valence-corrected chi connectivity index (χ4v) is 2.73. The molecule has 0 fully saturated rings. The molecular weight excluding hydrogens is 268 g/mol. The molecule has 0 bridgehead atoms. The summed E-state index contributed by atoms with van der Waals surface area (Å²) in [6.45, 7) is 0.709. The van der Waals surface area contributed by atoms with Crippen molar-refractivity contribution in [2.75, 3.05) is 18.1 Å². The molecule has 0 saturated heterocycles. The summed E-state index contributed by atoms with van der Waals surface area (Å²) in [4.78, 5) is 13.0. The third kappa shape index (κ3) is 4.93. The minimum atomic E-state index is -0.127. The van der Waals surface area contributed by atoms with Crippen LogP contribution in [0.3, 0.4) is 0 Å². The summed E-state index contributed by atoms with van der Waals surface area (Å²) in [5, 5.41) is 5.76. The van der Waals surface area contributed by atoms with Crippen LogP contribution in [0, 0.1) is 0 Å². The maximum atomic E-state index is 11.8. The first-order chi connectivity index (χ1) is 9.78. The van der Waals surface area contributed by atoms with Crippen molar-refractivity contribution in [2.24, 2.45) is 0 Å². The van der Waals surface area contributed by atoms with Gasteiger partial charge in [-0.15, -0.1) is 11.8 Å². The fraction of sp³-hybridized carbons (Fsp3) is 0.438. The predicted octanol–water partition coefficient (Wildman–Crippen LogP) is 4.42. The van der Waals surface area contributed by atoms with Crippen molar-refractivity contribution in [2.45, 2.75) is 37.0 Å². The van der Waals surface area contributed by atoms with E-state index < -0.39 is 0 Å². The van der Waals surface area contributed by atoms with Gasteiger partial charge in [-0.3, -0.25) is 0 Å². The minimum absolute atomic E-state index is 0.127. The van der Waals surface area contributed by atoms with Crippen LogP contribution in [0.4, 0.5) is 10.5 Å². The van der Waals surface area contributed by atoms with E-state index in [0.29, 0.717) is 6.54 Å². The van der Waals surface area contributed by atoms with Gasteiger partial charge in [0.2, 0.25) is 0 Å². The summed E-state index contributed by atoms with van der Waals surface area (Å²) in [6, 6.07) is 7.74. The Kier molecular flexibility index (Phi) is 5.99. The predicted molar refractivity (Wildman–Crippen MR) is 86.4 cm³/mol. The summed E-state index contributed by atoms with van der Waals surface area (Å²) in [5.74, 6) is 0. The summed E-state index contributed by atoms with van der Waals surface area (Å²) in [6.07, 6.45) is 10.3. The Morgan fingerprint density at radius 3 is 2.70 bits per heavy atom. The van der Waals surface area contributed by atoms with Crippen LogP contribution in [-0.4, -0.2) is 18.8 Å².